The molecule has 0 heterocycles. The molecule has 0 aromatic heterocycles. The lowest BCUT2D eigenvalue weighted by molar-refractivity contribution is -0.134. The average Bonchev–Trinajstić information content (AvgIpc) is 2.26. The van der Waals surface area contributed by atoms with Gasteiger partial charge < -0.3 is 15.6 Å². The van der Waals surface area contributed by atoms with E-state index in [0.717, 1.165) is 6.08 Å². The first kappa shape index (κ1) is 11.8. The van der Waals surface area contributed by atoms with Gasteiger partial charge in [-0.2, -0.15) is 0 Å². The third kappa shape index (κ3) is 2.84. The molecule has 0 spiro atoms. The lowest BCUT2D eigenvalue weighted by Gasteiger charge is -2.02. The van der Waals surface area contributed by atoms with Crippen LogP contribution in [0.1, 0.15) is 15.9 Å². The van der Waals surface area contributed by atoms with Gasteiger partial charge in [-0.05, 0) is 23.8 Å². The first-order valence-electron chi connectivity index (χ1n) is 4.43. The van der Waals surface area contributed by atoms with E-state index in [2.05, 4.69) is 4.74 Å². The first-order chi connectivity index (χ1) is 7.54. The zero-order chi connectivity index (χ0) is 12.1. The van der Waals surface area contributed by atoms with Crippen LogP contribution in [0.25, 0.3) is 6.08 Å². The maximum absolute atomic E-state index is 10.9. The lowest BCUT2D eigenvalue weighted by Crippen LogP contribution is -2.01. The summed E-state index contributed by atoms with van der Waals surface area (Å²) in [4.78, 5) is 21.7. The Morgan fingerprint density at radius 1 is 1.44 bits per heavy atom. The highest BCUT2D eigenvalue weighted by Crippen LogP contribution is 2.15. The smallest absolute Gasteiger partial charge is 0.336 e. The van der Waals surface area contributed by atoms with Gasteiger partial charge in [-0.15, -0.1) is 0 Å². The van der Waals surface area contributed by atoms with Crippen molar-refractivity contribution < 1.29 is 19.4 Å². The molecule has 0 aliphatic carbocycles. The molecular weight excluding hydrogens is 210 g/mol. The minimum atomic E-state index is -1.10. The molecule has 1 aromatic rings. The van der Waals surface area contributed by atoms with Crippen molar-refractivity contribution in [1.82, 2.24) is 0 Å². The van der Waals surface area contributed by atoms with E-state index in [4.69, 9.17) is 10.8 Å². The molecule has 0 saturated heterocycles. The van der Waals surface area contributed by atoms with Crippen LogP contribution in [0.5, 0.6) is 0 Å². The fourth-order valence-corrected chi connectivity index (χ4v) is 1.13. The van der Waals surface area contributed by atoms with Crippen LogP contribution < -0.4 is 5.73 Å². The minimum Gasteiger partial charge on any atom is -0.478 e. The third-order valence-electron chi connectivity index (χ3n) is 1.91. The summed E-state index contributed by atoms with van der Waals surface area (Å²) in [6.45, 7) is 0. The summed E-state index contributed by atoms with van der Waals surface area (Å²) >= 11 is 0. The first-order valence-corrected chi connectivity index (χ1v) is 4.43. The maximum Gasteiger partial charge on any atom is 0.336 e. The van der Waals surface area contributed by atoms with Gasteiger partial charge in [-0.1, -0.05) is 6.07 Å². The Morgan fingerprint density at radius 2 is 2.12 bits per heavy atom. The number of hydrogen-bond donors (Lipinski definition) is 2. The zero-order valence-corrected chi connectivity index (χ0v) is 8.64. The molecule has 16 heavy (non-hydrogen) atoms. The molecule has 0 aliphatic heterocycles. The number of benzene rings is 1. The molecule has 1 rings (SSSR count). The second-order valence-electron chi connectivity index (χ2n) is 3.01. The number of rotatable bonds is 3. The Bertz CT molecular complexity index is 451. The molecule has 0 amide bonds. The highest BCUT2D eigenvalue weighted by Gasteiger charge is 2.08. The SMILES string of the molecule is COC(=O)C=Cc1ccc(N)cc1C(=O)O. The third-order valence-corrected chi connectivity index (χ3v) is 1.91. The number of hydrogen-bond acceptors (Lipinski definition) is 4. The van der Waals surface area contributed by atoms with Crippen molar-refractivity contribution in [3.63, 3.8) is 0 Å². The van der Waals surface area contributed by atoms with E-state index in [9.17, 15) is 9.59 Å². The second-order valence-corrected chi connectivity index (χ2v) is 3.01. The summed E-state index contributed by atoms with van der Waals surface area (Å²) in [6, 6.07) is 4.42. The monoisotopic (exact) mass is 221 g/mol. The van der Waals surface area contributed by atoms with Gasteiger partial charge in [0.1, 0.15) is 0 Å². The summed E-state index contributed by atoms with van der Waals surface area (Å²) in [6.07, 6.45) is 2.52. The molecule has 0 unspecified atom stereocenters. The summed E-state index contributed by atoms with van der Waals surface area (Å²) in [5, 5.41) is 8.91. The number of nitrogens with two attached hydrogens (primary N) is 1. The van der Waals surface area contributed by atoms with E-state index in [1.165, 1.54) is 25.3 Å². The van der Waals surface area contributed by atoms with Gasteiger partial charge in [0.2, 0.25) is 0 Å². The molecule has 5 heteroatoms. The van der Waals surface area contributed by atoms with Crippen LogP contribution in [0.3, 0.4) is 0 Å². The maximum atomic E-state index is 10.9. The fraction of sp³-hybridized carbons (Fsp3) is 0.0909. The Labute approximate surface area is 92.1 Å². The van der Waals surface area contributed by atoms with E-state index < -0.39 is 11.9 Å². The topological polar surface area (TPSA) is 89.6 Å². The lowest BCUT2D eigenvalue weighted by atomic mass is 10.1. The Balaban J connectivity index is 3.09. The Morgan fingerprint density at radius 3 is 2.69 bits per heavy atom. The van der Waals surface area contributed by atoms with Crippen molar-refractivity contribution in [2.45, 2.75) is 0 Å². The van der Waals surface area contributed by atoms with Crippen LogP contribution >= 0.6 is 0 Å². The molecule has 0 aliphatic rings. The Kier molecular flexibility index (Phi) is 3.66. The van der Waals surface area contributed by atoms with Crippen molar-refractivity contribution in [3.8, 4) is 0 Å². The van der Waals surface area contributed by atoms with Gasteiger partial charge >= 0.3 is 11.9 Å². The quantitative estimate of drug-likeness (QED) is 0.454. The Hall–Kier alpha value is -2.30. The number of carbonyl (C=O) groups is 2. The van der Waals surface area contributed by atoms with Crippen molar-refractivity contribution in [1.29, 1.82) is 0 Å². The van der Waals surface area contributed by atoms with E-state index >= 15 is 0 Å². The minimum absolute atomic E-state index is 0.0418. The number of carboxylic acids is 1. The highest BCUT2D eigenvalue weighted by atomic mass is 16.5. The largest absolute Gasteiger partial charge is 0.478 e. The fourth-order valence-electron chi connectivity index (χ4n) is 1.13. The van der Waals surface area contributed by atoms with Gasteiger partial charge in [0.25, 0.3) is 0 Å². The van der Waals surface area contributed by atoms with E-state index in [1.54, 1.807) is 6.07 Å². The van der Waals surface area contributed by atoms with E-state index in [-0.39, 0.29) is 5.56 Å². The van der Waals surface area contributed by atoms with Crippen molar-refractivity contribution in [2.75, 3.05) is 12.8 Å². The van der Waals surface area contributed by atoms with Gasteiger partial charge in [0, 0.05) is 11.8 Å². The van der Waals surface area contributed by atoms with Crippen LogP contribution in [0, 0.1) is 0 Å². The van der Waals surface area contributed by atoms with Crippen LogP contribution in [0.2, 0.25) is 0 Å². The molecule has 1 aromatic carbocycles. The highest BCUT2D eigenvalue weighted by molar-refractivity contribution is 5.95. The normalized spacial score (nSPS) is 10.3. The molecule has 0 radical (unpaired) electrons. The molecule has 0 saturated carbocycles. The van der Waals surface area contributed by atoms with Crippen LogP contribution in [-0.4, -0.2) is 24.2 Å². The number of carboxylic acid groups (broad SMARTS) is 1. The predicted octanol–water partition coefficient (Wildman–Crippen LogP) is 1.15. The molecule has 84 valence electrons. The van der Waals surface area contributed by atoms with Crippen molar-refractivity contribution in [2.24, 2.45) is 0 Å². The molecule has 5 nitrogen and oxygen atoms in total. The molecule has 3 N–H and O–H groups in total. The van der Waals surface area contributed by atoms with Gasteiger partial charge in [0.05, 0.1) is 12.7 Å². The number of carbonyl (C=O) groups excluding carboxylic acids is 1. The van der Waals surface area contributed by atoms with Gasteiger partial charge in [-0.3, -0.25) is 0 Å². The van der Waals surface area contributed by atoms with Crippen LogP contribution in [0.4, 0.5) is 5.69 Å². The predicted molar refractivity (Wildman–Crippen MR) is 58.9 cm³/mol. The van der Waals surface area contributed by atoms with Crippen LogP contribution in [-0.2, 0) is 9.53 Å². The summed E-state index contributed by atoms with van der Waals surface area (Å²) in [7, 11) is 1.24. The van der Waals surface area contributed by atoms with Crippen molar-refractivity contribution in [3.05, 3.63) is 35.4 Å². The van der Waals surface area contributed by atoms with Crippen LogP contribution in [0.15, 0.2) is 24.3 Å². The molecular formula is C11H11NO4. The summed E-state index contributed by atoms with van der Waals surface area (Å²) < 4.78 is 4.40. The number of nitrogen functional groups attached to an aromatic ring is 1. The van der Waals surface area contributed by atoms with Gasteiger partial charge in [0.15, 0.2) is 0 Å². The second kappa shape index (κ2) is 4.97. The van der Waals surface area contributed by atoms with Gasteiger partial charge in [-0.25, -0.2) is 9.59 Å². The summed E-state index contributed by atoms with van der Waals surface area (Å²) in [5.41, 5.74) is 6.26. The van der Waals surface area contributed by atoms with E-state index in [1.807, 2.05) is 0 Å². The average molecular weight is 221 g/mol. The molecule has 0 bridgehead atoms. The number of methoxy groups -OCH3 is 1. The molecule has 0 atom stereocenters. The molecule has 0 fully saturated rings. The summed E-state index contributed by atoms with van der Waals surface area (Å²) in [5.74, 6) is -1.65. The standard InChI is InChI=1S/C11H11NO4/c1-16-10(13)5-3-7-2-4-8(12)6-9(7)11(14)15/h2-6H,12H2,1H3,(H,14,15). The number of esters is 1. The van der Waals surface area contributed by atoms with Crippen molar-refractivity contribution >= 4 is 23.7 Å². The number of ether oxygens (including phenoxy) is 1. The number of anilines is 1. The zero-order valence-electron chi connectivity index (χ0n) is 8.64. The number of aromatic carboxylic acids is 1. The van der Waals surface area contributed by atoms with E-state index in [0.29, 0.717) is 11.3 Å².